The molecule has 1 heterocycles. The predicted molar refractivity (Wildman–Crippen MR) is 133 cm³/mol. The molecule has 4 fully saturated rings. The third kappa shape index (κ3) is 5.56. The molecule has 8 unspecified atom stereocenters. The summed E-state index contributed by atoms with van der Waals surface area (Å²) in [6.07, 6.45) is 10.4. The molecule has 4 aliphatic rings. The molecule has 2 nitrogen and oxygen atoms in total. The number of rotatable bonds is 2. The molecule has 176 valence electrons. The van der Waals surface area contributed by atoms with E-state index in [1.165, 1.54) is 44.9 Å². The zero-order chi connectivity index (χ0) is 21.6. The van der Waals surface area contributed by atoms with Gasteiger partial charge in [-0.25, -0.2) is 0 Å². The van der Waals surface area contributed by atoms with Gasteiger partial charge in [-0.05, 0) is 67.9 Å². The first-order valence-corrected chi connectivity index (χ1v) is 19.3. The van der Waals surface area contributed by atoms with E-state index in [-0.39, 0.29) is 13.0 Å². The maximum atomic E-state index is 5.55. The fourth-order valence-corrected chi connectivity index (χ4v) is 13.0. The van der Waals surface area contributed by atoms with E-state index in [0.29, 0.717) is 0 Å². The molecule has 3 saturated carbocycles. The summed E-state index contributed by atoms with van der Waals surface area (Å²) in [4.78, 5) is 8.47. The molecule has 0 N–H and O–H groups in total. The Hall–Kier alpha value is 1.43. The van der Waals surface area contributed by atoms with Crippen LogP contribution in [0.15, 0.2) is 0 Å². The zero-order valence-electron chi connectivity index (χ0n) is 20.7. The average Bonchev–Trinajstić information content (AvgIpc) is 3.08. The molecule has 0 radical (unpaired) electrons. The average molecular weight is 510 g/mol. The Labute approximate surface area is 205 Å². The molecule has 0 aromatic rings. The first kappa shape index (κ1) is 27.7. The minimum atomic E-state index is -1.64. The van der Waals surface area contributed by atoms with Crippen LogP contribution in [-0.4, -0.2) is 37.8 Å². The van der Waals surface area contributed by atoms with Crippen molar-refractivity contribution in [3.8, 4) is 0 Å². The second-order valence-electron chi connectivity index (χ2n) is 12.0. The van der Waals surface area contributed by atoms with Gasteiger partial charge in [0.2, 0.25) is 0 Å². The van der Waals surface area contributed by atoms with Crippen LogP contribution in [0.25, 0.3) is 4.98 Å². The molecule has 4 rings (SSSR count). The third-order valence-corrected chi connectivity index (χ3v) is 12.3. The Bertz CT molecular complexity index is 556. The van der Waals surface area contributed by atoms with Crippen molar-refractivity contribution in [1.29, 1.82) is 0 Å². The summed E-state index contributed by atoms with van der Waals surface area (Å²) >= 11 is -0.556. The molecule has 8 atom stereocenters. The van der Waals surface area contributed by atoms with Crippen molar-refractivity contribution in [1.82, 2.24) is 4.90 Å². The van der Waals surface area contributed by atoms with E-state index in [4.69, 9.17) is 23.6 Å². The van der Waals surface area contributed by atoms with Gasteiger partial charge in [-0.2, -0.15) is 0 Å². The third-order valence-electron chi connectivity index (χ3n) is 8.64. The second kappa shape index (κ2) is 10.8. The summed E-state index contributed by atoms with van der Waals surface area (Å²) in [7, 11) is 10.6. The van der Waals surface area contributed by atoms with Crippen molar-refractivity contribution >= 4 is 26.8 Å². The maximum absolute atomic E-state index is 5.55. The zero-order valence-corrected chi connectivity index (χ0v) is 24.8. The Morgan fingerprint density at radius 1 is 0.967 bits per heavy atom. The fourth-order valence-electron chi connectivity index (χ4n) is 8.38. The number of halogens is 2. The van der Waals surface area contributed by atoms with Crippen molar-refractivity contribution in [2.75, 3.05) is 7.05 Å². The van der Waals surface area contributed by atoms with E-state index in [1.807, 2.05) is 0 Å². The topological polar surface area (TPSA) is 17.3 Å². The summed E-state index contributed by atoms with van der Waals surface area (Å²) in [5.74, 6) is 4.93. The van der Waals surface area contributed by atoms with Crippen molar-refractivity contribution in [2.24, 2.45) is 29.6 Å². The van der Waals surface area contributed by atoms with E-state index in [0.717, 1.165) is 47.2 Å². The predicted octanol–water partition coefficient (Wildman–Crippen LogP) is 8.12. The van der Waals surface area contributed by atoms with E-state index in [1.54, 1.807) is 0 Å². The second-order valence-corrected chi connectivity index (χ2v) is 18.8. The molecule has 1 saturated heterocycles. The number of likely N-dealkylation sites (tertiary alicyclic amines) is 1. The van der Waals surface area contributed by atoms with Gasteiger partial charge in [-0.1, -0.05) is 68.3 Å². The Morgan fingerprint density at radius 2 is 1.53 bits per heavy atom. The van der Waals surface area contributed by atoms with Crippen LogP contribution in [0.2, 0.25) is 18.6 Å². The molecule has 30 heavy (non-hydrogen) atoms. The summed E-state index contributed by atoms with van der Waals surface area (Å²) in [6, 6.07) is 1.72. The van der Waals surface area contributed by atoms with Gasteiger partial charge in [0, 0.05) is 12.1 Å². The summed E-state index contributed by atoms with van der Waals surface area (Å²) in [5.41, 5.74) is 1.01. The van der Waals surface area contributed by atoms with Gasteiger partial charge < -0.3 is 12.4 Å². The quantitative estimate of drug-likeness (QED) is 0.272. The van der Waals surface area contributed by atoms with E-state index in [9.17, 15) is 0 Å². The molecule has 0 bridgehead atoms. The van der Waals surface area contributed by atoms with Crippen LogP contribution in [0.3, 0.4) is 0 Å². The van der Waals surface area contributed by atoms with Crippen molar-refractivity contribution in [3.05, 3.63) is 12.4 Å². The van der Waals surface area contributed by atoms with Crippen LogP contribution < -0.4 is 0 Å². The van der Waals surface area contributed by atoms with Crippen molar-refractivity contribution < 1.29 is 17.0 Å². The molecule has 6 heteroatoms. The monoisotopic (exact) mass is 508 g/mol. The fraction of sp³-hybridized carbons (Fsp3) is 0.958. The van der Waals surface area contributed by atoms with Crippen LogP contribution in [0.1, 0.15) is 72.6 Å². The SMILES string of the molecule is CC1CCC2C(C1)C1C3CCCCC3C([Si](C)(C)[N-]C(C)(C)C)C1N2C.[CH3-].[Cl][Ti][Cl]. The van der Waals surface area contributed by atoms with Gasteiger partial charge in [-0.15, -0.1) is 5.54 Å². The Morgan fingerprint density at radius 3 is 2.10 bits per heavy atom. The Balaban J connectivity index is 0.000000757. The van der Waals surface area contributed by atoms with Crippen LogP contribution in [0.5, 0.6) is 0 Å². The van der Waals surface area contributed by atoms with Crippen LogP contribution in [0, 0.1) is 37.0 Å². The van der Waals surface area contributed by atoms with E-state index >= 15 is 0 Å². The van der Waals surface area contributed by atoms with Gasteiger partial charge >= 0.3 is 35.6 Å². The number of hydrogen-bond donors (Lipinski definition) is 0. The van der Waals surface area contributed by atoms with Crippen LogP contribution in [0.4, 0.5) is 0 Å². The van der Waals surface area contributed by atoms with Crippen molar-refractivity contribution in [3.63, 3.8) is 0 Å². The number of hydrogen-bond acceptors (Lipinski definition) is 1. The molecular weight excluding hydrogens is 463 g/mol. The molecule has 1 aliphatic heterocycles. The van der Waals surface area contributed by atoms with Gasteiger partial charge in [0.15, 0.2) is 0 Å². The van der Waals surface area contributed by atoms with Gasteiger partial charge in [0.1, 0.15) is 0 Å². The van der Waals surface area contributed by atoms with Crippen molar-refractivity contribution in [2.45, 2.75) is 109 Å². The Kier molecular flexibility index (Phi) is 9.95. The molecule has 0 amide bonds. The molecular formula is C24H46Cl2N2SiTi-2. The number of fused-ring (bicyclic) bond motifs is 5. The van der Waals surface area contributed by atoms with Gasteiger partial charge in [0.05, 0.1) is 0 Å². The summed E-state index contributed by atoms with van der Waals surface area (Å²) in [6.45, 7) is 14.7. The first-order chi connectivity index (χ1) is 13.5. The first-order valence-electron chi connectivity index (χ1n) is 11.9. The van der Waals surface area contributed by atoms with E-state index in [2.05, 4.69) is 52.7 Å². The molecule has 0 aromatic heterocycles. The molecule has 0 spiro atoms. The summed E-state index contributed by atoms with van der Waals surface area (Å²) < 4.78 is 0. The number of nitrogens with zero attached hydrogens (tertiary/aromatic N) is 2. The molecule has 0 aromatic carbocycles. The van der Waals surface area contributed by atoms with Gasteiger partial charge in [-0.3, -0.25) is 4.90 Å². The summed E-state index contributed by atoms with van der Waals surface area (Å²) in [5, 5.41) is 0. The normalized spacial score (nSPS) is 41.0. The standard InChI is InChI=1S/C23H43N2Si.CH3.2ClH.Ti/c1-15-12-13-19-18(14-15)20-16-10-8-9-11-17(16)22(21(20)25(19)5)26(6,7)24-23(2,3)4;;;;/h15-22H,8-14H2,1-7H3;1H3;2*1H;/q2*-1;;;+2/p-2. The van der Waals surface area contributed by atoms with Crippen LogP contribution >= 0.6 is 18.6 Å². The molecule has 3 aliphatic carbocycles. The van der Waals surface area contributed by atoms with Crippen LogP contribution in [-0.2, 0) is 17.0 Å². The van der Waals surface area contributed by atoms with E-state index < -0.39 is 25.3 Å². The van der Waals surface area contributed by atoms with Gasteiger partial charge in [0.25, 0.3) is 0 Å². The minimum absolute atomic E-state index is 0.